The molecule has 11 nitrogen and oxygen atoms in total. The second kappa shape index (κ2) is 22.6. The van der Waals surface area contributed by atoms with E-state index >= 15 is 0 Å². The molecule has 2 bridgehead atoms. The van der Waals surface area contributed by atoms with Crippen molar-refractivity contribution in [3.63, 3.8) is 0 Å². The molecule has 11 atom stereocenters. The number of carbonyl (C=O) groups excluding carboxylic acids is 4. The number of aliphatic hydroxyl groups excluding tert-OH is 3. The van der Waals surface area contributed by atoms with Crippen molar-refractivity contribution in [2.75, 3.05) is 6.54 Å². The standard InChI is InChI=1S/C47H73NO10/c1-30-13-9-7-8-10-14-38(50)26-39-21-16-35(6)47(56,58-39)29-45(54)48-22-12-11-15-40(48)46(55)57-44(34(5)25-36-17-19-37(49)20-18-36)28-43(53)33(4)24-32(3)42(52)27-41(51)31(2)23-30/h7-10,13-14,24,30-31,33-40,42,44,49-50,52,56H,11-12,15-23,25-29H2,1-6H3/b8-7+,13-9+,14-10+,32-24+/t30-,31-,33-,34-,35-,36?,37?,38-,39+,40+,42+,44+,47+/m1/s1. The summed E-state index contributed by atoms with van der Waals surface area (Å²) in [5, 5.41) is 43.7. The highest BCUT2D eigenvalue weighted by Gasteiger charge is 2.46. The molecular weight excluding hydrogens is 739 g/mol. The molecule has 0 aromatic heterocycles. The molecular formula is C47H73NO10. The summed E-state index contributed by atoms with van der Waals surface area (Å²) in [7, 11) is 0. The van der Waals surface area contributed by atoms with Gasteiger partial charge in [0.25, 0.3) is 0 Å². The summed E-state index contributed by atoms with van der Waals surface area (Å²) in [5.41, 5.74) is 0.532. The lowest BCUT2D eigenvalue weighted by atomic mass is 9.79. The molecule has 0 aromatic rings. The van der Waals surface area contributed by atoms with E-state index in [1.165, 1.54) is 4.90 Å². The fraction of sp³-hybridized carbons (Fsp3) is 0.745. The van der Waals surface area contributed by atoms with Crippen LogP contribution in [0.3, 0.4) is 0 Å². The summed E-state index contributed by atoms with van der Waals surface area (Å²) >= 11 is 0. The van der Waals surface area contributed by atoms with Gasteiger partial charge in [-0.2, -0.15) is 0 Å². The zero-order valence-corrected chi connectivity index (χ0v) is 36.0. The van der Waals surface area contributed by atoms with Gasteiger partial charge in [-0.1, -0.05) is 77.2 Å². The molecule has 0 unspecified atom stereocenters. The molecule has 1 amide bonds. The maximum absolute atomic E-state index is 14.2. The topological polar surface area (TPSA) is 171 Å². The number of ketones is 2. The fourth-order valence-corrected chi connectivity index (χ4v) is 9.17. The summed E-state index contributed by atoms with van der Waals surface area (Å²) in [4.78, 5) is 56.7. The number of rotatable bonds is 3. The molecule has 1 saturated carbocycles. The molecule has 11 heteroatoms. The van der Waals surface area contributed by atoms with Gasteiger partial charge in [-0.3, -0.25) is 14.4 Å². The van der Waals surface area contributed by atoms with Crippen LogP contribution in [0.4, 0.5) is 0 Å². The Bertz CT molecular complexity index is 1500. The Balaban J connectivity index is 1.60. The van der Waals surface area contributed by atoms with Crippen LogP contribution in [-0.2, 0) is 28.7 Å². The number of carbonyl (C=O) groups is 4. The summed E-state index contributed by atoms with van der Waals surface area (Å²) in [6, 6.07) is -0.877. The Labute approximate surface area is 347 Å². The number of piperidine rings is 1. The van der Waals surface area contributed by atoms with Crippen LogP contribution in [0, 0.1) is 35.5 Å². The highest BCUT2D eigenvalue weighted by Crippen LogP contribution is 2.38. The number of hydrogen-bond donors (Lipinski definition) is 4. The molecule has 3 aliphatic heterocycles. The third-order valence-corrected chi connectivity index (χ3v) is 13.2. The van der Waals surface area contributed by atoms with Crippen molar-refractivity contribution < 1.29 is 49.1 Å². The lowest BCUT2D eigenvalue weighted by molar-refractivity contribution is -0.283. The molecule has 58 heavy (non-hydrogen) atoms. The number of allylic oxidation sites excluding steroid dienone is 6. The molecule has 3 fully saturated rings. The van der Waals surface area contributed by atoms with E-state index in [2.05, 4.69) is 0 Å². The largest absolute Gasteiger partial charge is 0.460 e. The van der Waals surface area contributed by atoms with Gasteiger partial charge in [0.15, 0.2) is 5.79 Å². The normalized spacial score (nSPS) is 40.7. The Morgan fingerprint density at radius 3 is 2.22 bits per heavy atom. The number of amides is 1. The third-order valence-electron chi connectivity index (χ3n) is 13.2. The van der Waals surface area contributed by atoms with Gasteiger partial charge in [0.2, 0.25) is 5.91 Å². The highest BCUT2D eigenvalue weighted by atomic mass is 16.6. The van der Waals surface area contributed by atoms with Crippen LogP contribution in [-0.4, -0.2) is 97.7 Å². The first-order chi connectivity index (χ1) is 27.4. The number of esters is 1. The van der Waals surface area contributed by atoms with Crippen LogP contribution in [0.2, 0.25) is 0 Å². The Morgan fingerprint density at radius 1 is 0.828 bits per heavy atom. The van der Waals surface area contributed by atoms with Crippen molar-refractivity contribution in [1.82, 2.24) is 4.90 Å². The van der Waals surface area contributed by atoms with E-state index < -0.39 is 54.0 Å². The minimum Gasteiger partial charge on any atom is -0.460 e. The zero-order valence-electron chi connectivity index (χ0n) is 36.0. The monoisotopic (exact) mass is 812 g/mol. The second-order valence-corrected chi connectivity index (χ2v) is 18.3. The van der Waals surface area contributed by atoms with Crippen LogP contribution in [0.25, 0.3) is 0 Å². The first kappa shape index (κ1) is 47.7. The number of ether oxygens (including phenoxy) is 2. The first-order valence-corrected chi connectivity index (χ1v) is 22.1. The first-order valence-electron chi connectivity index (χ1n) is 22.1. The Morgan fingerprint density at radius 2 is 1.52 bits per heavy atom. The number of nitrogens with zero attached hydrogens (tertiary/aromatic N) is 1. The van der Waals surface area contributed by atoms with Gasteiger partial charge in [0.05, 0.1) is 30.8 Å². The summed E-state index contributed by atoms with van der Waals surface area (Å²) in [6.45, 7) is 11.5. The van der Waals surface area contributed by atoms with E-state index in [0.29, 0.717) is 75.8 Å². The summed E-state index contributed by atoms with van der Waals surface area (Å²) in [5.74, 6) is -3.97. The molecule has 4 N–H and O–H groups in total. The summed E-state index contributed by atoms with van der Waals surface area (Å²) in [6.07, 6.45) is 16.5. The average Bonchev–Trinajstić information content (AvgIpc) is 3.17. The van der Waals surface area contributed by atoms with Gasteiger partial charge >= 0.3 is 5.97 Å². The maximum atomic E-state index is 14.2. The molecule has 4 rings (SSSR count). The van der Waals surface area contributed by atoms with Crippen molar-refractivity contribution in [2.45, 2.75) is 180 Å². The zero-order chi connectivity index (χ0) is 42.6. The summed E-state index contributed by atoms with van der Waals surface area (Å²) < 4.78 is 12.5. The quantitative estimate of drug-likeness (QED) is 0.178. The number of cyclic esters (lactones) is 1. The van der Waals surface area contributed by atoms with E-state index in [9.17, 15) is 39.6 Å². The number of hydrogen-bond acceptors (Lipinski definition) is 10. The average molecular weight is 812 g/mol. The molecule has 2 saturated heterocycles. The lowest BCUT2D eigenvalue weighted by Gasteiger charge is -2.44. The van der Waals surface area contributed by atoms with Crippen molar-refractivity contribution >= 4 is 23.4 Å². The molecule has 0 radical (unpaired) electrons. The van der Waals surface area contributed by atoms with E-state index in [1.807, 2.05) is 45.9 Å². The van der Waals surface area contributed by atoms with Crippen LogP contribution in [0.15, 0.2) is 48.1 Å². The van der Waals surface area contributed by atoms with E-state index in [4.69, 9.17) is 9.47 Å². The highest BCUT2D eigenvalue weighted by molar-refractivity contribution is 5.86. The van der Waals surface area contributed by atoms with Crippen LogP contribution in [0.1, 0.15) is 138 Å². The molecule has 1 aliphatic carbocycles. The van der Waals surface area contributed by atoms with Crippen molar-refractivity contribution in [1.29, 1.82) is 0 Å². The van der Waals surface area contributed by atoms with Gasteiger partial charge in [0.1, 0.15) is 23.7 Å². The minimum atomic E-state index is -1.77. The molecule has 3 heterocycles. The smallest absolute Gasteiger partial charge is 0.329 e. The number of fused-ring (bicyclic) bond motifs is 3. The Hall–Kier alpha value is -2.96. The Kier molecular flexibility index (Phi) is 18.6. The molecule has 326 valence electrons. The van der Waals surface area contributed by atoms with Crippen LogP contribution >= 0.6 is 0 Å². The fourth-order valence-electron chi connectivity index (χ4n) is 9.17. The maximum Gasteiger partial charge on any atom is 0.329 e. The van der Waals surface area contributed by atoms with Crippen LogP contribution < -0.4 is 0 Å². The predicted molar refractivity (Wildman–Crippen MR) is 223 cm³/mol. The van der Waals surface area contributed by atoms with Gasteiger partial charge in [-0.25, -0.2) is 4.79 Å². The van der Waals surface area contributed by atoms with Gasteiger partial charge in [0, 0.05) is 43.6 Å². The molecule has 0 aromatic carbocycles. The second-order valence-electron chi connectivity index (χ2n) is 18.3. The third kappa shape index (κ3) is 14.4. The minimum absolute atomic E-state index is 0.0476. The van der Waals surface area contributed by atoms with E-state index in [0.717, 1.165) is 12.8 Å². The lowest BCUT2D eigenvalue weighted by Crippen LogP contribution is -2.54. The van der Waals surface area contributed by atoms with E-state index in [-0.39, 0.29) is 67.0 Å². The molecule has 4 aliphatic rings. The van der Waals surface area contributed by atoms with Gasteiger partial charge in [-0.15, -0.1) is 0 Å². The van der Waals surface area contributed by atoms with Gasteiger partial charge < -0.3 is 34.8 Å². The SMILES string of the molecule is C/C1=C\[C@@H](C)C(=O)C[C@@H]([C@H](C)CC2CCC(O)CC2)OC(=O)[C@@H]2CCCCN2C(=O)C[C@]2(O)O[C@@H](CC[C@H]2C)C[C@H](O)/C=C/C=C/C=C/[C@@H](C)C[C@@H](C)C(=O)C[C@@H]1O. The predicted octanol–water partition coefficient (Wildman–Crippen LogP) is 6.71. The van der Waals surface area contributed by atoms with E-state index in [1.54, 1.807) is 38.2 Å². The molecule has 0 spiro atoms. The number of aliphatic hydroxyl groups is 4. The van der Waals surface area contributed by atoms with Crippen molar-refractivity contribution in [3.8, 4) is 0 Å². The van der Waals surface area contributed by atoms with Gasteiger partial charge in [-0.05, 0) is 101 Å². The van der Waals surface area contributed by atoms with Crippen molar-refractivity contribution in [3.05, 3.63) is 48.1 Å². The van der Waals surface area contributed by atoms with Crippen LogP contribution in [0.5, 0.6) is 0 Å². The number of Topliss-reactive ketones (excluding diaryl/α,β-unsaturated/α-hetero) is 2. The van der Waals surface area contributed by atoms with Crippen molar-refractivity contribution in [2.24, 2.45) is 35.5 Å².